The van der Waals surface area contributed by atoms with Crippen LogP contribution in [0.3, 0.4) is 0 Å². The van der Waals surface area contributed by atoms with Crippen molar-refractivity contribution in [3.63, 3.8) is 0 Å². The van der Waals surface area contributed by atoms with Crippen LogP contribution in [0.2, 0.25) is 0 Å². The molecule has 1 aliphatic heterocycles. The molecule has 0 N–H and O–H groups in total. The van der Waals surface area contributed by atoms with Crippen molar-refractivity contribution in [1.29, 1.82) is 0 Å². The number of nitrogens with zero attached hydrogens (tertiary/aromatic N) is 1. The van der Waals surface area contributed by atoms with Crippen LogP contribution in [-0.4, -0.2) is 23.9 Å². The fraction of sp³-hybridized carbons (Fsp3) is 0.438. The van der Waals surface area contributed by atoms with E-state index in [1.807, 2.05) is 11.0 Å². The van der Waals surface area contributed by atoms with Crippen LogP contribution in [0.15, 0.2) is 28.9 Å². The van der Waals surface area contributed by atoms with E-state index >= 15 is 0 Å². The molecule has 2 heterocycles. The second-order valence-electron chi connectivity index (χ2n) is 5.21. The minimum absolute atomic E-state index is 0.224. The molecule has 0 bridgehead atoms. The number of fused-ring (bicyclic) bond motifs is 1. The lowest BCUT2D eigenvalue weighted by molar-refractivity contribution is -0.129. The highest BCUT2D eigenvalue weighted by molar-refractivity contribution is 5.88. The number of furan rings is 1. The average Bonchev–Trinajstić information content (AvgIpc) is 3.08. The molecule has 1 fully saturated rings. The molecule has 100 valence electrons. The molecule has 0 spiro atoms. The second kappa shape index (κ2) is 5.08. The number of aryl methyl sites for hydroxylation is 1. The number of hydrogen-bond acceptors (Lipinski definition) is 2. The molecule has 3 heteroatoms. The summed E-state index contributed by atoms with van der Waals surface area (Å²) in [6, 6.07) is 6.22. The highest BCUT2D eigenvalue weighted by Gasteiger charge is 2.19. The maximum atomic E-state index is 12.2. The fourth-order valence-corrected chi connectivity index (χ4v) is 2.73. The first-order valence-electron chi connectivity index (χ1n) is 7.04. The lowest BCUT2D eigenvalue weighted by Gasteiger charge is -2.14. The first-order valence-corrected chi connectivity index (χ1v) is 7.04. The van der Waals surface area contributed by atoms with Gasteiger partial charge in [0.15, 0.2) is 0 Å². The first kappa shape index (κ1) is 12.3. The number of carbonyl (C=O) groups is 1. The zero-order valence-corrected chi connectivity index (χ0v) is 11.3. The molecule has 0 aliphatic carbocycles. The van der Waals surface area contributed by atoms with Crippen LogP contribution in [0.25, 0.3) is 11.0 Å². The van der Waals surface area contributed by atoms with Crippen molar-refractivity contribution >= 4 is 16.9 Å². The Bertz CT molecular complexity index is 594. The van der Waals surface area contributed by atoms with Gasteiger partial charge in [-0.3, -0.25) is 4.79 Å². The summed E-state index contributed by atoms with van der Waals surface area (Å²) >= 11 is 0. The molecule has 1 aromatic heterocycles. The number of rotatable bonds is 3. The maximum absolute atomic E-state index is 12.2. The summed E-state index contributed by atoms with van der Waals surface area (Å²) in [7, 11) is 0. The summed E-state index contributed by atoms with van der Waals surface area (Å²) in [5.41, 5.74) is 3.17. The normalized spacial score (nSPS) is 15.3. The summed E-state index contributed by atoms with van der Waals surface area (Å²) in [6.07, 6.45) is 5.47. The molecule has 0 atom stereocenters. The Hall–Kier alpha value is -1.77. The molecule has 0 unspecified atom stereocenters. The molecule has 1 aromatic carbocycles. The topological polar surface area (TPSA) is 33.5 Å². The molecule has 3 nitrogen and oxygen atoms in total. The lowest BCUT2D eigenvalue weighted by Crippen LogP contribution is -2.28. The predicted molar refractivity (Wildman–Crippen MR) is 75.1 cm³/mol. The van der Waals surface area contributed by atoms with E-state index in [1.54, 1.807) is 6.26 Å². The van der Waals surface area contributed by atoms with Gasteiger partial charge in [0, 0.05) is 24.0 Å². The minimum Gasteiger partial charge on any atom is -0.464 e. The molecular weight excluding hydrogens is 238 g/mol. The highest BCUT2D eigenvalue weighted by Crippen LogP contribution is 2.24. The van der Waals surface area contributed by atoms with Crippen molar-refractivity contribution in [2.75, 3.05) is 13.1 Å². The summed E-state index contributed by atoms with van der Waals surface area (Å²) in [6.45, 7) is 3.96. The number of amides is 1. The van der Waals surface area contributed by atoms with E-state index in [4.69, 9.17) is 4.42 Å². The smallest absolute Gasteiger partial charge is 0.227 e. The Labute approximate surface area is 113 Å². The van der Waals surface area contributed by atoms with Gasteiger partial charge in [0.2, 0.25) is 5.91 Å². The van der Waals surface area contributed by atoms with Crippen molar-refractivity contribution < 1.29 is 9.21 Å². The van der Waals surface area contributed by atoms with E-state index in [0.717, 1.165) is 48.9 Å². The van der Waals surface area contributed by atoms with Crippen LogP contribution in [0.5, 0.6) is 0 Å². The molecule has 1 aliphatic rings. The van der Waals surface area contributed by atoms with E-state index in [2.05, 4.69) is 19.1 Å². The van der Waals surface area contributed by atoms with Gasteiger partial charge in [-0.05, 0) is 37.0 Å². The van der Waals surface area contributed by atoms with E-state index in [1.165, 1.54) is 5.56 Å². The molecule has 1 saturated heterocycles. The Morgan fingerprint density at radius 2 is 2.11 bits per heavy atom. The monoisotopic (exact) mass is 257 g/mol. The fourth-order valence-electron chi connectivity index (χ4n) is 2.73. The Kier molecular flexibility index (Phi) is 3.28. The first-order chi connectivity index (χ1) is 9.28. The number of hydrogen-bond donors (Lipinski definition) is 0. The van der Waals surface area contributed by atoms with Crippen LogP contribution >= 0.6 is 0 Å². The molecule has 0 radical (unpaired) electrons. The van der Waals surface area contributed by atoms with Gasteiger partial charge in [0.25, 0.3) is 0 Å². The zero-order chi connectivity index (χ0) is 13.2. The van der Waals surface area contributed by atoms with Gasteiger partial charge in [0.05, 0.1) is 12.7 Å². The van der Waals surface area contributed by atoms with Gasteiger partial charge in [-0.25, -0.2) is 0 Å². The number of carbonyl (C=O) groups excluding carboxylic acids is 1. The van der Waals surface area contributed by atoms with Crippen molar-refractivity contribution in [3.05, 3.63) is 35.6 Å². The molecular formula is C16H19NO2. The third-order valence-electron chi connectivity index (χ3n) is 3.93. The van der Waals surface area contributed by atoms with Gasteiger partial charge in [-0.2, -0.15) is 0 Å². The third kappa shape index (κ3) is 2.37. The number of benzene rings is 1. The Morgan fingerprint density at radius 1 is 1.32 bits per heavy atom. The molecule has 1 amide bonds. The summed E-state index contributed by atoms with van der Waals surface area (Å²) in [4.78, 5) is 14.2. The summed E-state index contributed by atoms with van der Waals surface area (Å²) in [5.74, 6) is 0.224. The number of likely N-dealkylation sites (tertiary alicyclic amines) is 1. The van der Waals surface area contributed by atoms with Crippen LogP contribution in [-0.2, 0) is 17.6 Å². The van der Waals surface area contributed by atoms with Crippen molar-refractivity contribution in [1.82, 2.24) is 4.90 Å². The highest BCUT2D eigenvalue weighted by atomic mass is 16.3. The SMILES string of the molecule is CCc1ccc2occ(CC(=O)N3CCCC3)c2c1. The van der Waals surface area contributed by atoms with E-state index < -0.39 is 0 Å². The quantitative estimate of drug-likeness (QED) is 0.846. The lowest BCUT2D eigenvalue weighted by atomic mass is 10.1. The average molecular weight is 257 g/mol. The van der Waals surface area contributed by atoms with E-state index in [-0.39, 0.29) is 5.91 Å². The van der Waals surface area contributed by atoms with Crippen molar-refractivity contribution in [2.24, 2.45) is 0 Å². The Balaban J connectivity index is 1.85. The molecule has 3 rings (SSSR count). The van der Waals surface area contributed by atoms with Crippen molar-refractivity contribution in [2.45, 2.75) is 32.6 Å². The molecule has 0 saturated carbocycles. The summed E-state index contributed by atoms with van der Waals surface area (Å²) in [5, 5.41) is 1.09. The predicted octanol–water partition coefficient (Wildman–Crippen LogP) is 3.16. The summed E-state index contributed by atoms with van der Waals surface area (Å²) < 4.78 is 5.54. The van der Waals surface area contributed by atoms with Gasteiger partial charge >= 0.3 is 0 Å². The molecule has 19 heavy (non-hydrogen) atoms. The van der Waals surface area contributed by atoms with Gasteiger partial charge < -0.3 is 9.32 Å². The zero-order valence-electron chi connectivity index (χ0n) is 11.3. The van der Waals surface area contributed by atoms with Crippen LogP contribution in [0.4, 0.5) is 0 Å². The van der Waals surface area contributed by atoms with E-state index in [0.29, 0.717) is 6.42 Å². The van der Waals surface area contributed by atoms with Gasteiger partial charge in [-0.15, -0.1) is 0 Å². The van der Waals surface area contributed by atoms with Gasteiger partial charge in [0.1, 0.15) is 5.58 Å². The second-order valence-corrected chi connectivity index (χ2v) is 5.21. The van der Waals surface area contributed by atoms with Crippen molar-refractivity contribution in [3.8, 4) is 0 Å². The Morgan fingerprint density at radius 3 is 2.84 bits per heavy atom. The third-order valence-corrected chi connectivity index (χ3v) is 3.93. The largest absolute Gasteiger partial charge is 0.464 e. The van der Waals surface area contributed by atoms with E-state index in [9.17, 15) is 4.79 Å². The van der Waals surface area contributed by atoms with Gasteiger partial charge in [-0.1, -0.05) is 13.0 Å². The standard InChI is InChI=1S/C16H19NO2/c1-2-12-5-6-15-14(9-12)13(11-19-15)10-16(18)17-7-3-4-8-17/h5-6,9,11H,2-4,7-8,10H2,1H3. The minimum atomic E-state index is 0.224. The van der Waals surface area contributed by atoms with Crippen LogP contribution in [0.1, 0.15) is 30.9 Å². The maximum Gasteiger partial charge on any atom is 0.227 e. The van der Waals surface area contributed by atoms with Crippen LogP contribution < -0.4 is 0 Å². The molecule has 2 aromatic rings. The van der Waals surface area contributed by atoms with Crippen LogP contribution in [0, 0.1) is 0 Å².